The number of hydrogen-bond donors (Lipinski definition) is 1. The number of benzene rings is 1. The van der Waals surface area contributed by atoms with Crippen LogP contribution >= 0.6 is 23.1 Å². The van der Waals surface area contributed by atoms with E-state index in [0.29, 0.717) is 17.3 Å². The standard InChI is InChI=1S/C19H21N3O2S2/c1-11-4-5-12(2)13(8-11)14-9-25-18(20-14)21-17(24)15-10-26-19(3)7-6-16(23)22(15)19/h4-5,8-9,15H,6-7,10H2,1-3H3,(H,20,21,24)/t15-,19+/m0/s1. The van der Waals surface area contributed by atoms with E-state index in [0.717, 1.165) is 23.2 Å². The molecule has 5 nitrogen and oxygen atoms in total. The van der Waals surface area contributed by atoms with Crippen molar-refractivity contribution < 1.29 is 9.59 Å². The van der Waals surface area contributed by atoms with Crippen LogP contribution in [-0.4, -0.2) is 38.4 Å². The summed E-state index contributed by atoms with van der Waals surface area (Å²) in [6.07, 6.45) is 1.34. The predicted octanol–water partition coefficient (Wildman–Crippen LogP) is 3.82. The molecular weight excluding hydrogens is 366 g/mol. The van der Waals surface area contributed by atoms with Gasteiger partial charge in [0.05, 0.1) is 10.6 Å². The number of aryl methyl sites for hydroxylation is 2. The molecule has 0 saturated carbocycles. The summed E-state index contributed by atoms with van der Waals surface area (Å²) < 4.78 is 0. The van der Waals surface area contributed by atoms with Gasteiger partial charge in [0.1, 0.15) is 6.04 Å². The van der Waals surface area contributed by atoms with Gasteiger partial charge in [-0.3, -0.25) is 9.59 Å². The molecule has 3 heterocycles. The van der Waals surface area contributed by atoms with E-state index >= 15 is 0 Å². The van der Waals surface area contributed by atoms with Crippen molar-refractivity contribution in [3.05, 3.63) is 34.7 Å². The molecule has 0 bridgehead atoms. The van der Waals surface area contributed by atoms with E-state index in [1.165, 1.54) is 16.9 Å². The van der Waals surface area contributed by atoms with Crippen molar-refractivity contribution in [2.75, 3.05) is 11.1 Å². The van der Waals surface area contributed by atoms with Crippen LogP contribution in [0.3, 0.4) is 0 Å². The molecule has 2 saturated heterocycles. The number of aromatic nitrogens is 1. The van der Waals surface area contributed by atoms with Crippen LogP contribution in [0.15, 0.2) is 23.6 Å². The third-order valence-corrected chi connectivity index (χ3v) is 7.41. The molecule has 0 radical (unpaired) electrons. The van der Waals surface area contributed by atoms with Crippen LogP contribution in [0.25, 0.3) is 11.3 Å². The summed E-state index contributed by atoms with van der Waals surface area (Å²) in [7, 11) is 0. The lowest BCUT2D eigenvalue weighted by atomic mass is 10.0. The summed E-state index contributed by atoms with van der Waals surface area (Å²) in [5.41, 5.74) is 4.29. The van der Waals surface area contributed by atoms with E-state index in [4.69, 9.17) is 0 Å². The molecule has 1 N–H and O–H groups in total. The lowest BCUT2D eigenvalue weighted by molar-refractivity contribution is -0.135. The summed E-state index contributed by atoms with van der Waals surface area (Å²) in [6.45, 7) is 6.17. The number of fused-ring (bicyclic) bond motifs is 1. The van der Waals surface area contributed by atoms with Gasteiger partial charge in [0.25, 0.3) is 0 Å². The third kappa shape index (κ3) is 2.93. The second kappa shape index (κ2) is 6.39. The van der Waals surface area contributed by atoms with Crippen molar-refractivity contribution in [2.24, 2.45) is 0 Å². The second-order valence-electron chi connectivity index (χ2n) is 7.11. The molecule has 26 heavy (non-hydrogen) atoms. The molecule has 0 aliphatic carbocycles. The van der Waals surface area contributed by atoms with Crippen molar-refractivity contribution in [1.29, 1.82) is 0 Å². The number of nitrogens with one attached hydrogen (secondary N) is 1. The number of amides is 2. The second-order valence-corrected chi connectivity index (χ2v) is 9.47. The third-order valence-electron chi connectivity index (χ3n) is 5.15. The molecule has 1 aromatic heterocycles. The Balaban J connectivity index is 1.52. The van der Waals surface area contributed by atoms with E-state index in [-0.39, 0.29) is 16.7 Å². The first-order valence-electron chi connectivity index (χ1n) is 8.67. The predicted molar refractivity (Wildman–Crippen MR) is 106 cm³/mol. The normalized spacial score (nSPS) is 24.8. The van der Waals surface area contributed by atoms with Crippen LogP contribution < -0.4 is 5.32 Å². The Hall–Kier alpha value is -1.86. The number of thioether (sulfide) groups is 1. The number of hydrogen-bond acceptors (Lipinski definition) is 5. The largest absolute Gasteiger partial charge is 0.315 e. The number of rotatable bonds is 3. The number of anilines is 1. The van der Waals surface area contributed by atoms with E-state index in [2.05, 4.69) is 49.3 Å². The van der Waals surface area contributed by atoms with Gasteiger partial charge in [0, 0.05) is 23.1 Å². The SMILES string of the molecule is Cc1ccc(C)c(-c2csc(NC(=O)[C@@H]3CS[C@]4(C)CCC(=O)N34)n2)c1. The molecule has 4 rings (SSSR count). The Morgan fingerprint density at radius 3 is 3.00 bits per heavy atom. The van der Waals surface area contributed by atoms with Gasteiger partial charge < -0.3 is 10.2 Å². The quantitative estimate of drug-likeness (QED) is 0.870. The molecule has 2 fully saturated rings. The Bertz CT molecular complexity index is 895. The molecule has 2 aromatic rings. The maximum absolute atomic E-state index is 12.8. The summed E-state index contributed by atoms with van der Waals surface area (Å²) >= 11 is 3.12. The summed E-state index contributed by atoms with van der Waals surface area (Å²) in [5, 5.41) is 5.46. The maximum atomic E-state index is 12.8. The molecular formula is C19H21N3O2S2. The van der Waals surface area contributed by atoms with Gasteiger partial charge in [-0.05, 0) is 38.8 Å². The zero-order chi connectivity index (χ0) is 18.5. The average Bonchev–Trinajstić information content (AvgIpc) is 3.26. The van der Waals surface area contributed by atoms with Crippen LogP contribution in [0.1, 0.15) is 30.9 Å². The first kappa shape index (κ1) is 17.5. The van der Waals surface area contributed by atoms with Crippen LogP contribution in [0.2, 0.25) is 0 Å². The number of carbonyl (C=O) groups is 2. The summed E-state index contributed by atoms with van der Waals surface area (Å²) in [5.74, 6) is 0.578. The number of nitrogens with zero attached hydrogens (tertiary/aromatic N) is 2. The van der Waals surface area contributed by atoms with Gasteiger partial charge in [-0.25, -0.2) is 4.98 Å². The van der Waals surface area contributed by atoms with Crippen molar-refractivity contribution in [2.45, 2.75) is 44.5 Å². The molecule has 2 amide bonds. The lowest BCUT2D eigenvalue weighted by Crippen LogP contribution is -2.48. The van der Waals surface area contributed by atoms with Gasteiger partial charge in [-0.15, -0.1) is 23.1 Å². The first-order valence-corrected chi connectivity index (χ1v) is 10.5. The molecule has 2 aliphatic rings. The van der Waals surface area contributed by atoms with Gasteiger partial charge >= 0.3 is 0 Å². The molecule has 136 valence electrons. The first-order chi connectivity index (χ1) is 12.4. The maximum Gasteiger partial charge on any atom is 0.249 e. The van der Waals surface area contributed by atoms with E-state index < -0.39 is 6.04 Å². The highest BCUT2D eigenvalue weighted by molar-refractivity contribution is 8.01. The van der Waals surface area contributed by atoms with Gasteiger partial charge in [0.15, 0.2) is 5.13 Å². The molecule has 7 heteroatoms. The minimum atomic E-state index is -0.409. The van der Waals surface area contributed by atoms with Gasteiger partial charge in [0.2, 0.25) is 11.8 Å². The monoisotopic (exact) mass is 387 g/mol. The fraction of sp³-hybridized carbons (Fsp3) is 0.421. The van der Waals surface area contributed by atoms with Crippen LogP contribution in [-0.2, 0) is 9.59 Å². The average molecular weight is 388 g/mol. The van der Waals surface area contributed by atoms with Crippen LogP contribution in [0.4, 0.5) is 5.13 Å². The fourth-order valence-electron chi connectivity index (χ4n) is 3.67. The fourth-order valence-corrected chi connectivity index (χ4v) is 5.82. The summed E-state index contributed by atoms with van der Waals surface area (Å²) in [4.78, 5) is 31.1. The minimum Gasteiger partial charge on any atom is -0.315 e. The molecule has 0 spiro atoms. The van der Waals surface area contributed by atoms with Crippen LogP contribution in [0.5, 0.6) is 0 Å². The van der Waals surface area contributed by atoms with Crippen molar-refractivity contribution >= 4 is 40.0 Å². The molecule has 2 aliphatic heterocycles. The van der Waals surface area contributed by atoms with E-state index in [9.17, 15) is 9.59 Å². The van der Waals surface area contributed by atoms with E-state index in [1.54, 1.807) is 16.7 Å². The van der Waals surface area contributed by atoms with Gasteiger partial charge in [-0.1, -0.05) is 17.7 Å². The lowest BCUT2D eigenvalue weighted by Gasteiger charge is -2.29. The number of carbonyl (C=O) groups excluding carboxylic acids is 2. The highest BCUT2D eigenvalue weighted by Crippen LogP contribution is 2.47. The summed E-state index contributed by atoms with van der Waals surface area (Å²) in [6, 6.07) is 5.86. The van der Waals surface area contributed by atoms with Crippen LogP contribution in [0, 0.1) is 13.8 Å². The smallest absolute Gasteiger partial charge is 0.249 e. The Kier molecular flexibility index (Phi) is 4.31. The van der Waals surface area contributed by atoms with Gasteiger partial charge in [-0.2, -0.15) is 0 Å². The molecule has 1 aromatic carbocycles. The molecule has 2 atom stereocenters. The zero-order valence-electron chi connectivity index (χ0n) is 15.0. The Morgan fingerprint density at radius 2 is 2.19 bits per heavy atom. The van der Waals surface area contributed by atoms with Crippen molar-refractivity contribution in [3.8, 4) is 11.3 Å². The highest BCUT2D eigenvalue weighted by atomic mass is 32.2. The zero-order valence-corrected chi connectivity index (χ0v) is 16.7. The Morgan fingerprint density at radius 1 is 1.38 bits per heavy atom. The van der Waals surface area contributed by atoms with Crippen molar-refractivity contribution in [3.63, 3.8) is 0 Å². The highest BCUT2D eigenvalue weighted by Gasteiger charge is 2.52. The topological polar surface area (TPSA) is 62.3 Å². The van der Waals surface area contributed by atoms with Crippen molar-refractivity contribution in [1.82, 2.24) is 9.88 Å². The molecule has 0 unspecified atom stereocenters. The van der Waals surface area contributed by atoms with E-state index in [1.807, 2.05) is 5.38 Å². The Labute approximate surface area is 161 Å². The minimum absolute atomic E-state index is 0.0767. The number of thiazole rings is 1.